The summed E-state index contributed by atoms with van der Waals surface area (Å²) in [5.41, 5.74) is -0.769. The molecule has 1 heterocycles. The normalized spacial score (nSPS) is 59.5. The van der Waals surface area contributed by atoms with Gasteiger partial charge in [-0.2, -0.15) is 0 Å². The second-order valence-corrected chi connectivity index (χ2v) is 10.5. The molecule has 28 heavy (non-hydrogen) atoms. The van der Waals surface area contributed by atoms with Crippen molar-refractivity contribution in [2.24, 2.45) is 28.6 Å². The largest absolute Gasteiger partial charge is 0.462 e. The maximum atomic E-state index is 11.6. The summed E-state index contributed by atoms with van der Waals surface area (Å²) >= 11 is 0. The number of methoxy groups -OCH3 is 1. The number of epoxide rings is 1. The summed E-state index contributed by atoms with van der Waals surface area (Å²) in [6.45, 7) is 6.04. The van der Waals surface area contributed by atoms with E-state index in [0.29, 0.717) is 11.8 Å². The van der Waals surface area contributed by atoms with Crippen molar-refractivity contribution in [3.05, 3.63) is 0 Å². The van der Waals surface area contributed by atoms with Gasteiger partial charge in [0.2, 0.25) is 0 Å². The third kappa shape index (κ3) is 2.10. The van der Waals surface area contributed by atoms with Crippen LogP contribution in [-0.2, 0) is 19.0 Å². The van der Waals surface area contributed by atoms with Crippen molar-refractivity contribution >= 4 is 5.97 Å². The number of ether oxygens (including phenoxy) is 3. The van der Waals surface area contributed by atoms with Crippen LogP contribution in [0, 0.1) is 28.6 Å². The van der Waals surface area contributed by atoms with Gasteiger partial charge in [0, 0.05) is 24.9 Å². The Balaban J connectivity index is 1.53. The molecular formula is C22H34O6. The van der Waals surface area contributed by atoms with Crippen molar-refractivity contribution in [2.75, 3.05) is 7.11 Å². The monoisotopic (exact) mass is 394 g/mol. The summed E-state index contributed by atoms with van der Waals surface area (Å²) in [7, 11) is 1.65. The lowest BCUT2D eigenvalue weighted by Gasteiger charge is -2.62. The lowest BCUT2D eigenvalue weighted by Crippen LogP contribution is -2.69. The topological polar surface area (TPSA) is 88.5 Å². The number of aliphatic hydroxyl groups is 2. The van der Waals surface area contributed by atoms with Crippen LogP contribution in [-0.4, -0.2) is 59.4 Å². The highest BCUT2D eigenvalue weighted by atomic mass is 16.7. The van der Waals surface area contributed by atoms with Gasteiger partial charge < -0.3 is 24.4 Å². The van der Waals surface area contributed by atoms with Crippen LogP contribution in [0.15, 0.2) is 0 Å². The second kappa shape index (κ2) is 5.93. The van der Waals surface area contributed by atoms with Gasteiger partial charge in [-0.25, -0.2) is 0 Å². The van der Waals surface area contributed by atoms with Gasteiger partial charge in [0.1, 0.15) is 23.9 Å². The van der Waals surface area contributed by atoms with Crippen LogP contribution < -0.4 is 0 Å². The lowest BCUT2D eigenvalue weighted by molar-refractivity contribution is -0.228. The Morgan fingerprint density at radius 2 is 1.82 bits per heavy atom. The van der Waals surface area contributed by atoms with Crippen LogP contribution in [0.3, 0.4) is 0 Å². The Bertz CT molecular complexity index is 682. The molecule has 158 valence electrons. The van der Waals surface area contributed by atoms with Gasteiger partial charge in [-0.3, -0.25) is 4.79 Å². The molecule has 0 unspecified atom stereocenters. The molecule has 11 atom stereocenters. The number of hydrogen-bond acceptors (Lipinski definition) is 6. The average Bonchev–Trinajstić information content (AvgIpc) is 3.32. The molecule has 5 aliphatic rings. The SMILES string of the molecule is CO[C@@H]1[C@@H](O)[C@H]2[C@@H]3CC[C@H](OC(C)=O)[C@@]3(C)CC[C@@H]2[C@@]2(C)CC[C@H](O)[C@@H]3O[C@]132. The van der Waals surface area contributed by atoms with Gasteiger partial charge in [-0.05, 0) is 56.3 Å². The Kier molecular flexibility index (Phi) is 4.08. The maximum absolute atomic E-state index is 11.6. The van der Waals surface area contributed by atoms with Gasteiger partial charge in [0.15, 0.2) is 0 Å². The van der Waals surface area contributed by atoms with Crippen molar-refractivity contribution in [1.29, 1.82) is 0 Å². The smallest absolute Gasteiger partial charge is 0.302 e. The highest BCUT2D eigenvalue weighted by Gasteiger charge is 2.82. The fraction of sp³-hybridized carbons (Fsp3) is 0.955. The molecule has 6 heteroatoms. The number of carbonyl (C=O) groups is 1. The highest BCUT2D eigenvalue weighted by Crippen LogP contribution is 2.73. The molecule has 0 radical (unpaired) electrons. The standard InChI is InChI=1S/C22H34O6/c1-11(23)27-15-6-5-12-16-13(7-9-20(12,15)2)21(3)10-8-14(24)18-22(21,28-18)19(26-4)17(16)25/h12-19,24-25H,5-10H2,1-4H3/t12-,13-,14-,15-,16-,17-,18-,19+,20-,21+,22-/m0/s1. The highest BCUT2D eigenvalue weighted by molar-refractivity contribution is 5.66. The van der Waals surface area contributed by atoms with E-state index in [-0.39, 0.29) is 34.9 Å². The minimum Gasteiger partial charge on any atom is -0.462 e. The molecule has 5 fully saturated rings. The summed E-state index contributed by atoms with van der Waals surface area (Å²) in [4.78, 5) is 11.6. The van der Waals surface area contributed by atoms with Crippen LogP contribution in [0.25, 0.3) is 0 Å². The van der Waals surface area contributed by atoms with Crippen molar-refractivity contribution in [3.63, 3.8) is 0 Å². The number of fused-ring (bicyclic) bond motifs is 4. The first-order valence-electron chi connectivity index (χ1n) is 10.9. The molecule has 2 N–H and O–H groups in total. The zero-order valence-corrected chi connectivity index (χ0v) is 17.4. The first kappa shape index (κ1) is 19.3. The number of carbonyl (C=O) groups excluding carboxylic acids is 1. The molecule has 4 aliphatic carbocycles. The summed E-state index contributed by atoms with van der Waals surface area (Å²) < 4.78 is 17.8. The first-order chi connectivity index (χ1) is 13.2. The minimum atomic E-state index is -0.626. The number of esters is 1. The van der Waals surface area contributed by atoms with Crippen LogP contribution >= 0.6 is 0 Å². The first-order valence-corrected chi connectivity index (χ1v) is 10.9. The van der Waals surface area contributed by atoms with Crippen molar-refractivity contribution < 1.29 is 29.2 Å². The third-order valence-electron chi connectivity index (χ3n) is 9.64. The molecule has 0 bridgehead atoms. The van der Waals surface area contributed by atoms with Gasteiger partial charge in [-0.15, -0.1) is 0 Å². The molecule has 0 amide bonds. The average molecular weight is 395 g/mol. The van der Waals surface area contributed by atoms with E-state index in [1.807, 2.05) is 0 Å². The van der Waals surface area contributed by atoms with E-state index in [1.165, 1.54) is 6.92 Å². The fourth-order valence-corrected chi connectivity index (χ4v) is 8.35. The van der Waals surface area contributed by atoms with E-state index in [9.17, 15) is 15.0 Å². The Morgan fingerprint density at radius 1 is 1.07 bits per heavy atom. The molecular weight excluding hydrogens is 360 g/mol. The number of aliphatic hydroxyl groups excluding tert-OH is 2. The van der Waals surface area contributed by atoms with E-state index in [2.05, 4.69) is 13.8 Å². The van der Waals surface area contributed by atoms with E-state index in [0.717, 1.165) is 38.5 Å². The predicted octanol–water partition coefficient (Wildman–Crippen LogP) is 2.05. The zero-order chi connectivity index (χ0) is 20.1. The van der Waals surface area contributed by atoms with Gasteiger partial charge >= 0.3 is 5.97 Å². The van der Waals surface area contributed by atoms with Crippen molar-refractivity contribution in [2.45, 2.75) is 95.4 Å². The summed E-state index contributed by atoms with van der Waals surface area (Å²) in [5.74, 6) is 0.538. The third-order valence-corrected chi connectivity index (χ3v) is 9.64. The molecule has 4 saturated carbocycles. The predicted molar refractivity (Wildman–Crippen MR) is 100 cm³/mol. The Hall–Kier alpha value is -0.690. The van der Waals surface area contributed by atoms with Gasteiger partial charge in [0.25, 0.3) is 0 Å². The van der Waals surface area contributed by atoms with Crippen LogP contribution in [0.5, 0.6) is 0 Å². The molecule has 6 nitrogen and oxygen atoms in total. The van der Waals surface area contributed by atoms with Gasteiger partial charge in [-0.1, -0.05) is 13.8 Å². The van der Waals surface area contributed by atoms with Crippen molar-refractivity contribution in [3.8, 4) is 0 Å². The zero-order valence-electron chi connectivity index (χ0n) is 17.4. The molecule has 0 aromatic rings. The van der Waals surface area contributed by atoms with E-state index in [4.69, 9.17) is 14.2 Å². The fourth-order valence-electron chi connectivity index (χ4n) is 8.35. The number of rotatable bonds is 2. The molecule has 5 rings (SSSR count). The lowest BCUT2D eigenvalue weighted by atomic mass is 9.43. The molecule has 1 saturated heterocycles. The molecule has 0 aromatic heterocycles. The van der Waals surface area contributed by atoms with Crippen LogP contribution in [0.2, 0.25) is 0 Å². The van der Waals surface area contributed by atoms with E-state index < -0.39 is 23.9 Å². The summed E-state index contributed by atoms with van der Waals surface area (Å²) in [6, 6.07) is 0. The Labute approximate surface area is 166 Å². The summed E-state index contributed by atoms with van der Waals surface area (Å²) in [6.07, 6.45) is 3.67. The second-order valence-electron chi connectivity index (χ2n) is 10.5. The quantitative estimate of drug-likeness (QED) is 0.550. The van der Waals surface area contributed by atoms with Crippen LogP contribution in [0.4, 0.5) is 0 Å². The molecule has 1 aliphatic heterocycles. The Morgan fingerprint density at radius 3 is 2.50 bits per heavy atom. The van der Waals surface area contributed by atoms with Crippen molar-refractivity contribution in [1.82, 2.24) is 0 Å². The molecule has 0 aromatic carbocycles. The number of hydrogen-bond donors (Lipinski definition) is 2. The van der Waals surface area contributed by atoms with Crippen LogP contribution in [0.1, 0.15) is 59.3 Å². The van der Waals surface area contributed by atoms with E-state index >= 15 is 0 Å². The summed E-state index contributed by atoms with van der Waals surface area (Å²) in [5, 5.41) is 22.0. The van der Waals surface area contributed by atoms with Gasteiger partial charge in [0.05, 0.1) is 12.2 Å². The van der Waals surface area contributed by atoms with E-state index in [1.54, 1.807) is 7.11 Å². The maximum Gasteiger partial charge on any atom is 0.302 e. The molecule has 1 spiro atoms. The minimum absolute atomic E-state index is 0.0639.